The number of amidine groups is 1. The van der Waals surface area contributed by atoms with Crippen molar-refractivity contribution in [1.29, 1.82) is 0 Å². The number of ether oxygens (including phenoxy) is 1. The van der Waals surface area contributed by atoms with Gasteiger partial charge in [-0.25, -0.2) is 4.99 Å². The lowest BCUT2D eigenvalue weighted by Gasteiger charge is -2.17. The van der Waals surface area contributed by atoms with E-state index >= 15 is 0 Å². The number of carbonyl (C=O) groups excluding carboxylic acids is 1. The first-order chi connectivity index (χ1) is 6.31. The molecule has 2 rings (SSSR count). The summed E-state index contributed by atoms with van der Waals surface area (Å²) in [4.78, 5) is 14.5. The molecular formula is C9H8N2O2. The highest BCUT2D eigenvalue weighted by molar-refractivity contribution is 5.81. The van der Waals surface area contributed by atoms with Crippen molar-refractivity contribution in [3.63, 3.8) is 0 Å². The van der Waals surface area contributed by atoms with Gasteiger partial charge >= 0.3 is 0 Å². The van der Waals surface area contributed by atoms with Crippen LogP contribution in [0.15, 0.2) is 29.3 Å². The van der Waals surface area contributed by atoms with E-state index in [9.17, 15) is 4.79 Å². The van der Waals surface area contributed by atoms with Crippen molar-refractivity contribution in [2.75, 3.05) is 0 Å². The summed E-state index contributed by atoms with van der Waals surface area (Å²) in [6.45, 7) is 0. The molecule has 66 valence electrons. The topological polar surface area (TPSA) is 64.7 Å². The molecule has 0 spiro atoms. The number of hydrogen-bond donors (Lipinski definition) is 1. The maximum Gasteiger partial charge on any atom is 0.288 e. The normalized spacial score (nSPS) is 19.7. The van der Waals surface area contributed by atoms with Gasteiger partial charge in [-0.3, -0.25) is 0 Å². The van der Waals surface area contributed by atoms with Crippen LogP contribution in [0.5, 0.6) is 5.75 Å². The van der Waals surface area contributed by atoms with Crippen molar-refractivity contribution in [2.24, 2.45) is 10.7 Å². The van der Waals surface area contributed by atoms with Gasteiger partial charge in [-0.15, -0.1) is 0 Å². The average molecular weight is 176 g/mol. The van der Waals surface area contributed by atoms with Gasteiger partial charge in [-0.1, -0.05) is 18.2 Å². The van der Waals surface area contributed by atoms with E-state index in [0.717, 1.165) is 11.8 Å². The summed E-state index contributed by atoms with van der Waals surface area (Å²) in [6.07, 6.45) is 0.744. The van der Waals surface area contributed by atoms with Gasteiger partial charge in [0.05, 0.1) is 0 Å². The predicted octanol–water partition coefficient (Wildman–Crippen LogP) is 0.634. The van der Waals surface area contributed by atoms with Crippen molar-refractivity contribution >= 4 is 12.3 Å². The second-order valence-electron chi connectivity index (χ2n) is 2.69. The molecule has 0 fully saturated rings. The van der Waals surface area contributed by atoms with Crippen LogP contribution in [-0.2, 0) is 4.79 Å². The van der Waals surface area contributed by atoms with Gasteiger partial charge in [-0.05, 0) is 6.07 Å². The molecule has 1 aromatic carbocycles. The number of nitrogens with two attached hydrogens (primary N) is 1. The molecule has 0 amide bonds. The molecule has 0 aliphatic carbocycles. The number of aliphatic imine (C=N–C) groups is 1. The molecule has 4 nitrogen and oxygen atoms in total. The minimum Gasteiger partial charge on any atom is -0.426 e. The van der Waals surface area contributed by atoms with Crippen LogP contribution in [0.3, 0.4) is 0 Å². The zero-order valence-electron chi connectivity index (χ0n) is 6.81. The van der Waals surface area contributed by atoms with Crippen LogP contribution >= 0.6 is 0 Å². The van der Waals surface area contributed by atoms with Crippen LogP contribution in [0.1, 0.15) is 11.6 Å². The Morgan fingerprint density at radius 1 is 1.46 bits per heavy atom. The Bertz CT molecular complexity index is 374. The van der Waals surface area contributed by atoms with Crippen LogP contribution in [0.4, 0.5) is 0 Å². The van der Waals surface area contributed by atoms with Crippen LogP contribution in [0.25, 0.3) is 0 Å². The maximum atomic E-state index is 10.7. The second-order valence-corrected chi connectivity index (χ2v) is 2.69. The van der Waals surface area contributed by atoms with E-state index in [1.165, 1.54) is 0 Å². The average Bonchev–Trinajstić information content (AvgIpc) is 2.16. The van der Waals surface area contributed by atoms with Gasteiger partial charge in [0.1, 0.15) is 18.1 Å². The molecule has 1 aliphatic heterocycles. The molecule has 4 heteroatoms. The Labute approximate surface area is 75.0 Å². The lowest BCUT2D eigenvalue weighted by molar-refractivity contribution is -0.109. The quantitative estimate of drug-likeness (QED) is 0.638. The Kier molecular flexibility index (Phi) is 1.73. The van der Waals surface area contributed by atoms with E-state index in [-0.39, 0.29) is 6.02 Å². The highest BCUT2D eigenvalue weighted by Crippen LogP contribution is 2.29. The molecule has 1 aliphatic rings. The number of fused-ring (bicyclic) bond motifs is 1. The standard InChI is InChI=1S/C9H8N2O2/c10-9-11-7(5-12)6-3-1-2-4-8(6)13-9/h1-5,7H,(H2,10,11). The molecule has 13 heavy (non-hydrogen) atoms. The maximum absolute atomic E-state index is 10.7. The largest absolute Gasteiger partial charge is 0.426 e. The summed E-state index contributed by atoms with van der Waals surface area (Å²) >= 11 is 0. The lowest BCUT2D eigenvalue weighted by atomic mass is 10.1. The molecule has 2 N–H and O–H groups in total. The third kappa shape index (κ3) is 1.26. The van der Waals surface area contributed by atoms with Crippen molar-refractivity contribution in [2.45, 2.75) is 6.04 Å². The van der Waals surface area contributed by atoms with Crippen molar-refractivity contribution in [1.82, 2.24) is 0 Å². The summed E-state index contributed by atoms with van der Waals surface area (Å²) in [7, 11) is 0. The van der Waals surface area contributed by atoms with E-state index in [0.29, 0.717) is 5.75 Å². The SMILES string of the molecule is NC1=NC(C=O)c2ccccc2O1. The van der Waals surface area contributed by atoms with Gasteiger partial charge in [0, 0.05) is 5.56 Å². The first kappa shape index (κ1) is 7.79. The number of para-hydroxylation sites is 1. The van der Waals surface area contributed by atoms with E-state index in [4.69, 9.17) is 10.5 Å². The molecule has 0 saturated carbocycles. The summed E-state index contributed by atoms with van der Waals surface area (Å²) in [5.74, 6) is 0.604. The zero-order chi connectivity index (χ0) is 9.26. The number of nitrogens with zero attached hydrogens (tertiary/aromatic N) is 1. The van der Waals surface area contributed by atoms with Gasteiger partial charge in [-0.2, -0.15) is 0 Å². The zero-order valence-corrected chi connectivity index (χ0v) is 6.81. The first-order valence-electron chi connectivity index (χ1n) is 3.86. The van der Waals surface area contributed by atoms with Gasteiger partial charge in [0.2, 0.25) is 0 Å². The highest BCUT2D eigenvalue weighted by Gasteiger charge is 2.20. The Morgan fingerprint density at radius 3 is 3.00 bits per heavy atom. The minimum atomic E-state index is -0.523. The number of hydrogen-bond acceptors (Lipinski definition) is 4. The van der Waals surface area contributed by atoms with E-state index in [1.807, 2.05) is 12.1 Å². The van der Waals surface area contributed by atoms with E-state index < -0.39 is 6.04 Å². The highest BCUT2D eigenvalue weighted by atomic mass is 16.5. The number of benzene rings is 1. The fourth-order valence-corrected chi connectivity index (χ4v) is 1.27. The second kappa shape index (κ2) is 2.90. The van der Waals surface area contributed by atoms with Crippen LogP contribution in [-0.4, -0.2) is 12.3 Å². The van der Waals surface area contributed by atoms with Gasteiger partial charge < -0.3 is 15.3 Å². The summed E-state index contributed by atoms with van der Waals surface area (Å²) in [6, 6.07) is 6.72. The molecular weight excluding hydrogens is 168 g/mol. The van der Waals surface area contributed by atoms with Crippen molar-refractivity contribution in [3.05, 3.63) is 29.8 Å². The first-order valence-corrected chi connectivity index (χ1v) is 3.86. The molecule has 1 aromatic rings. The smallest absolute Gasteiger partial charge is 0.288 e. The molecule has 0 bridgehead atoms. The molecule has 1 atom stereocenters. The molecule has 0 radical (unpaired) electrons. The predicted molar refractivity (Wildman–Crippen MR) is 47.5 cm³/mol. The van der Waals surface area contributed by atoms with E-state index in [2.05, 4.69) is 4.99 Å². The Hall–Kier alpha value is -1.84. The van der Waals surface area contributed by atoms with Crippen LogP contribution < -0.4 is 10.5 Å². The number of rotatable bonds is 1. The summed E-state index contributed by atoms with van der Waals surface area (Å²) < 4.78 is 5.13. The van der Waals surface area contributed by atoms with Crippen LogP contribution in [0, 0.1) is 0 Å². The Morgan fingerprint density at radius 2 is 2.23 bits per heavy atom. The third-order valence-corrected chi connectivity index (χ3v) is 1.85. The van der Waals surface area contributed by atoms with Gasteiger partial charge in [0.15, 0.2) is 0 Å². The molecule has 1 unspecified atom stereocenters. The number of carbonyl (C=O) groups is 1. The minimum absolute atomic E-state index is 0.0378. The summed E-state index contributed by atoms with van der Waals surface area (Å²) in [5.41, 5.74) is 6.14. The fraction of sp³-hybridized carbons (Fsp3) is 0.111. The molecule has 0 aromatic heterocycles. The van der Waals surface area contributed by atoms with Crippen molar-refractivity contribution in [3.8, 4) is 5.75 Å². The lowest BCUT2D eigenvalue weighted by Crippen LogP contribution is -2.25. The number of aldehydes is 1. The summed E-state index contributed by atoms with van der Waals surface area (Å²) in [5, 5.41) is 0. The molecule has 1 heterocycles. The van der Waals surface area contributed by atoms with E-state index in [1.54, 1.807) is 12.1 Å². The monoisotopic (exact) mass is 176 g/mol. The van der Waals surface area contributed by atoms with Crippen molar-refractivity contribution < 1.29 is 9.53 Å². The van der Waals surface area contributed by atoms with Crippen LogP contribution in [0.2, 0.25) is 0 Å². The van der Waals surface area contributed by atoms with Gasteiger partial charge in [0.25, 0.3) is 6.02 Å². The fourth-order valence-electron chi connectivity index (χ4n) is 1.27. The third-order valence-electron chi connectivity index (χ3n) is 1.85. The molecule has 0 saturated heterocycles. The Balaban J connectivity index is 2.50.